The SMILES string of the molecule is CCNCCC1CCC(=O)N1Cc1ccc(F)cc1. The fourth-order valence-corrected chi connectivity index (χ4v) is 2.54. The van der Waals surface area contributed by atoms with Crippen molar-refractivity contribution >= 4 is 5.91 Å². The lowest BCUT2D eigenvalue weighted by Gasteiger charge is -2.25. The van der Waals surface area contributed by atoms with Gasteiger partial charge in [0, 0.05) is 19.0 Å². The molecule has 1 heterocycles. The zero-order chi connectivity index (χ0) is 13.7. The van der Waals surface area contributed by atoms with E-state index in [-0.39, 0.29) is 11.7 Å². The second-order valence-corrected chi connectivity index (χ2v) is 4.98. The quantitative estimate of drug-likeness (QED) is 0.800. The van der Waals surface area contributed by atoms with E-state index in [0.717, 1.165) is 31.5 Å². The summed E-state index contributed by atoms with van der Waals surface area (Å²) in [4.78, 5) is 13.9. The van der Waals surface area contributed by atoms with Crippen molar-refractivity contribution in [1.82, 2.24) is 10.2 Å². The summed E-state index contributed by atoms with van der Waals surface area (Å²) in [5.41, 5.74) is 0.991. The fourth-order valence-electron chi connectivity index (χ4n) is 2.54. The van der Waals surface area contributed by atoms with Crippen molar-refractivity contribution in [2.24, 2.45) is 0 Å². The maximum absolute atomic E-state index is 12.9. The van der Waals surface area contributed by atoms with Crippen molar-refractivity contribution in [2.45, 2.75) is 38.8 Å². The predicted molar refractivity (Wildman–Crippen MR) is 73.1 cm³/mol. The number of halogens is 1. The molecule has 1 aromatic rings. The lowest BCUT2D eigenvalue weighted by Crippen LogP contribution is -2.34. The lowest BCUT2D eigenvalue weighted by molar-refractivity contribution is -0.129. The van der Waals surface area contributed by atoms with Gasteiger partial charge in [-0.1, -0.05) is 19.1 Å². The van der Waals surface area contributed by atoms with E-state index in [2.05, 4.69) is 12.2 Å². The summed E-state index contributed by atoms with van der Waals surface area (Å²) < 4.78 is 12.9. The number of hydrogen-bond donors (Lipinski definition) is 1. The van der Waals surface area contributed by atoms with Gasteiger partial charge in [-0.3, -0.25) is 4.79 Å². The molecule has 1 atom stereocenters. The third-order valence-corrected chi connectivity index (χ3v) is 3.62. The van der Waals surface area contributed by atoms with Crippen LogP contribution in [0.3, 0.4) is 0 Å². The molecule has 1 N–H and O–H groups in total. The number of rotatable bonds is 6. The second-order valence-electron chi connectivity index (χ2n) is 4.98. The van der Waals surface area contributed by atoms with Gasteiger partial charge in [0.05, 0.1) is 0 Å². The molecule has 0 radical (unpaired) electrons. The standard InChI is InChI=1S/C15H21FN2O/c1-2-17-10-9-14-7-8-15(19)18(14)11-12-3-5-13(16)6-4-12/h3-6,14,17H,2,7-11H2,1H3. The number of likely N-dealkylation sites (tertiary alicyclic amines) is 1. The van der Waals surface area contributed by atoms with Crippen LogP contribution in [0.25, 0.3) is 0 Å². The van der Waals surface area contributed by atoms with Crippen LogP contribution in [-0.2, 0) is 11.3 Å². The van der Waals surface area contributed by atoms with E-state index in [9.17, 15) is 9.18 Å². The van der Waals surface area contributed by atoms with Crippen LogP contribution in [0.15, 0.2) is 24.3 Å². The summed E-state index contributed by atoms with van der Waals surface area (Å²) in [6, 6.07) is 6.72. The molecule has 1 unspecified atom stereocenters. The molecule has 0 saturated carbocycles. The van der Waals surface area contributed by atoms with Crippen molar-refractivity contribution in [2.75, 3.05) is 13.1 Å². The highest BCUT2D eigenvalue weighted by Crippen LogP contribution is 2.23. The normalized spacial score (nSPS) is 19.2. The molecule has 0 spiro atoms. The van der Waals surface area contributed by atoms with Crippen LogP contribution in [-0.4, -0.2) is 29.9 Å². The Hall–Kier alpha value is -1.42. The Kier molecular flexibility index (Phi) is 4.91. The molecule has 4 heteroatoms. The van der Waals surface area contributed by atoms with Gasteiger partial charge in [0.25, 0.3) is 0 Å². The molecule has 0 aromatic heterocycles. The first-order valence-corrected chi connectivity index (χ1v) is 6.95. The Morgan fingerprint density at radius 3 is 2.79 bits per heavy atom. The molecule has 0 aliphatic carbocycles. The lowest BCUT2D eigenvalue weighted by atomic mass is 10.1. The Labute approximate surface area is 113 Å². The average Bonchev–Trinajstić information content (AvgIpc) is 2.74. The molecule has 19 heavy (non-hydrogen) atoms. The van der Waals surface area contributed by atoms with Crippen molar-refractivity contribution in [3.8, 4) is 0 Å². The number of carbonyl (C=O) groups excluding carboxylic acids is 1. The zero-order valence-electron chi connectivity index (χ0n) is 11.4. The molecule has 1 aliphatic heterocycles. The topological polar surface area (TPSA) is 32.3 Å². The molecule has 0 bridgehead atoms. The molecule has 3 nitrogen and oxygen atoms in total. The monoisotopic (exact) mass is 264 g/mol. The minimum atomic E-state index is -0.236. The van der Waals surface area contributed by atoms with Gasteiger partial charge in [0.1, 0.15) is 5.82 Å². The van der Waals surface area contributed by atoms with E-state index in [1.165, 1.54) is 12.1 Å². The van der Waals surface area contributed by atoms with Crippen LogP contribution >= 0.6 is 0 Å². The van der Waals surface area contributed by atoms with E-state index in [0.29, 0.717) is 19.0 Å². The van der Waals surface area contributed by atoms with E-state index in [1.54, 1.807) is 12.1 Å². The van der Waals surface area contributed by atoms with Crippen LogP contribution in [0.4, 0.5) is 4.39 Å². The van der Waals surface area contributed by atoms with Gasteiger partial charge < -0.3 is 10.2 Å². The van der Waals surface area contributed by atoms with E-state index >= 15 is 0 Å². The van der Waals surface area contributed by atoms with Crippen molar-refractivity contribution < 1.29 is 9.18 Å². The van der Waals surface area contributed by atoms with Gasteiger partial charge in [-0.2, -0.15) is 0 Å². The van der Waals surface area contributed by atoms with Gasteiger partial charge >= 0.3 is 0 Å². The number of amides is 1. The molecule has 2 rings (SSSR count). The number of nitrogens with one attached hydrogen (secondary N) is 1. The van der Waals surface area contributed by atoms with E-state index in [1.807, 2.05) is 4.90 Å². The molecule has 1 saturated heterocycles. The van der Waals surface area contributed by atoms with Gasteiger partial charge in [-0.25, -0.2) is 4.39 Å². The average molecular weight is 264 g/mol. The number of benzene rings is 1. The predicted octanol–water partition coefficient (Wildman–Crippen LogP) is 2.32. The number of nitrogens with zero attached hydrogens (tertiary/aromatic N) is 1. The maximum Gasteiger partial charge on any atom is 0.223 e. The fraction of sp³-hybridized carbons (Fsp3) is 0.533. The maximum atomic E-state index is 12.9. The molecule has 1 aromatic carbocycles. The Bertz CT molecular complexity index is 419. The van der Waals surface area contributed by atoms with Crippen molar-refractivity contribution in [3.05, 3.63) is 35.6 Å². The summed E-state index contributed by atoms with van der Waals surface area (Å²) in [6.07, 6.45) is 2.56. The van der Waals surface area contributed by atoms with Gasteiger partial charge in [-0.15, -0.1) is 0 Å². The highest BCUT2D eigenvalue weighted by atomic mass is 19.1. The highest BCUT2D eigenvalue weighted by Gasteiger charge is 2.30. The first-order chi connectivity index (χ1) is 9.20. The highest BCUT2D eigenvalue weighted by molar-refractivity contribution is 5.78. The number of hydrogen-bond acceptors (Lipinski definition) is 2. The van der Waals surface area contributed by atoms with Crippen molar-refractivity contribution in [1.29, 1.82) is 0 Å². The van der Waals surface area contributed by atoms with Crippen molar-refractivity contribution in [3.63, 3.8) is 0 Å². The van der Waals surface area contributed by atoms with Crippen LogP contribution in [0, 0.1) is 5.82 Å². The zero-order valence-corrected chi connectivity index (χ0v) is 11.4. The third kappa shape index (κ3) is 3.77. The molecule has 104 valence electrons. The van der Waals surface area contributed by atoms with Crippen LogP contribution in [0.1, 0.15) is 31.7 Å². The minimum absolute atomic E-state index is 0.214. The summed E-state index contributed by atoms with van der Waals surface area (Å²) in [5, 5.41) is 3.29. The summed E-state index contributed by atoms with van der Waals surface area (Å²) in [6.45, 7) is 4.57. The van der Waals surface area contributed by atoms with E-state index in [4.69, 9.17) is 0 Å². The van der Waals surface area contributed by atoms with Gasteiger partial charge in [0.2, 0.25) is 5.91 Å². The number of carbonyl (C=O) groups is 1. The first kappa shape index (κ1) is 14.0. The van der Waals surface area contributed by atoms with Gasteiger partial charge in [-0.05, 0) is 43.6 Å². The summed E-state index contributed by atoms with van der Waals surface area (Å²) in [7, 11) is 0. The first-order valence-electron chi connectivity index (χ1n) is 6.95. The third-order valence-electron chi connectivity index (χ3n) is 3.62. The van der Waals surface area contributed by atoms with Crippen LogP contribution < -0.4 is 5.32 Å². The van der Waals surface area contributed by atoms with E-state index < -0.39 is 0 Å². The smallest absolute Gasteiger partial charge is 0.223 e. The molecular formula is C15H21FN2O. The molecular weight excluding hydrogens is 243 g/mol. The largest absolute Gasteiger partial charge is 0.335 e. The van der Waals surface area contributed by atoms with Crippen LogP contribution in [0.5, 0.6) is 0 Å². The second kappa shape index (κ2) is 6.66. The minimum Gasteiger partial charge on any atom is -0.335 e. The summed E-state index contributed by atoms with van der Waals surface area (Å²) >= 11 is 0. The summed E-state index contributed by atoms with van der Waals surface area (Å²) in [5.74, 6) is -0.0222. The molecule has 1 fully saturated rings. The van der Waals surface area contributed by atoms with Crippen LogP contribution in [0.2, 0.25) is 0 Å². The van der Waals surface area contributed by atoms with Gasteiger partial charge in [0.15, 0.2) is 0 Å². The Morgan fingerprint density at radius 2 is 2.11 bits per heavy atom. The molecule has 1 aliphatic rings. The Morgan fingerprint density at radius 1 is 1.37 bits per heavy atom. The Balaban J connectivity index is 1.95. The molecule has 1 amide bonds.